The number of halogens is 1. The van der Waals surface area contributed by atoms with E-state index in [9.17, 15) is 8.42 Å². The Hall–Kier alpha value is -1.14. The van der Waals surface area contributed by atoms with Crippen molar-refractivity contribution in [2.45, 2.75) is 17.7 Å². The first kappa shape index (κ1) is 17.2. The highest BCUT2D eigenvalue weighted by atomic mass is 35.5. The van der Waals surface area contributed by atoms with Crippen molar-refractivity contribution in [2.75, 3.05) is 19.6 Å². The van der Waals surface area contributed by atoms with Crippen LogP contribution >= 0.6 is 12.4 Å². The van der Waals surface area contributed by atoms with Crippen LogP contribution in [-0.4, -0.2) is 32.4 Å². The maximum atomic E-state index is 12.9. The molecule has 4 nitrogen and oxygen atoms in total. The van der Waals surface area contributed by atoms with Crippen LogP contribution in [0, 0.1) is 5.92 Å². The van der Waals surface area contributed by atoms with Crippen molar-refractivity contribution in [1.29, 1.82) is 0 Å². The van der Waals surface area contributed by atoms with Gasteiger partial charge in [0.2, 0.25) is 10.0 Å². The van der Waals surface area contributed by atoms with Crippen molar-refractivity contribution in [3.8, 4) is 0 Å². The van der Waals surface area contributed by atoms with Crippen molar-refractivity contribution in [2.24, 2.45) is 11.7 Å². The topological polar surface area (TPSA) is 63.4 Å². The molecule has 22 heavy (non-hydrogen) atoms. The molecule has 1 aliphatic heterocycles. The van der Waals surface area contributed by atoms with Gasteiger partial charge in [-0.15, -0.1) is 12.4 Å². The summed E-state index contributed by atoms with van der Waals surface area (Å²) in [5, 5.41) is 1.75. The van der Waals surface area contributed by atoms with E-state index >= 15 is 0 Å². The van der Waals surface area contributed by atoms with Crippen LogP contribution in [0.15, 0.2) is 47.4 Å². The first-order valence-electron chi connectivity index (χ1n) is 7.31. The molecule has 3 rings (SSSR count). The molecule has 120 valence electrons. The molecule has 2 aromatic carbocycles. The van der Waals surface area contributed by atoms with Crippen LogP contribution in [0.1, 0.15) is 12.8 Å². The SMILES string of the molecule is Cl.NCC1CCN(S(=O)(=O)c2cccc3ccccc23)CC1. The molecule has 0 saturated carbocycles. The second-order valence-electron chi connectivity index (χ2n) is 5.56. The number of nitrogens with zero attached hydrogens (tertiary/aromatic N) is 1. The van der Waals surface area contributed by atoms with Gasteiger partial charge in [-0.2, -0.15) is 4.31 Å². The van der Waals surface area contributed by atoms with Gasteiger partial charge in [0.1, 0.15) is 0 Å². The molecular weight excluding hydrogens is 320 g/mol. The van der Waals surface area contributed by atoms with E-state index in [1.54, 1.807) is 10.4 Å². The average Bonchev–Trinajstić information content (AvgIpc) is 2.54. The Morgan fingerprint density at radius 3 is 2.36 bits per heavy atom. The van der Waals surface area contributed by atoms with Crippen LogP contribution in [0.5, 0.6) is 0 Å². The summed E-state index contributed by atoms with van der Waals surface area (Å²) in [6.07, 6.45) is 1.70. The van der Waals surface area contributed by atoms with Gasteiger partial charge in [-0.3, -0.25) is 0 Å². The first-order valence-corrected chi connectivity index (χ1v) is 8.75. The Labute approximate surface area is 137 Å². The lowest BCUT2D eigenvalue weighted by molar-refractivity contribution is 0.278. The van der Waals surface area contributed by atoms with E-state index in [-0.39, 0.29) is 12.4 Å². The minimum atomic E-state index is -3.43. The number of nitrogens with two attached hydrogens (primary N) is 1. The van der Waals surface area contributed by atoms with Crippen LogP contribution in [0.2, 0.25) is 0 Å². The van der Waals surface area contributed by atoms with E-state index in [4.69, 9.17) is 5.73 Å². The normalized spacial score (nSPS) is 17.3. The Balaban J connectivity index is 0.00000176. The van der Waals surface area contributed by atoms with Crippen LogP contribution in [0.25, 0.3) is 10.8 Å². The maximum absolute atomic E-state index is 12.9. The second kappa shape index (κ2) is 6.96. The van der Waals surface area contributed by atoms with Gasteiger partial charge >= 0.3 is 0 Å². The zero-order valence-corrected chi connectivity index (χ0v) is 13.9. The minimum Gasteiger partial charge on any atom is -0.330 e. The molecule has 0 spiro atoms. The Bertz CT molecular complexity index is 735. The Morgan fingerprint density at radius 1 is 1.05 bits per heavy atom. The summed E-state index contributed by atoms with van der Waals surface area (Å²) in [7, 11) is -3.43. The number of hydrogen-bond donors (Lipinski definition) is 1. The number of fused-ring (bicyclic) bond motifs is 1. The predicted octanol–water partition coefficient (Wildman–Crippen LogP) is 2.62. The van der Waals surface area contributed by atoms with Gasteiger partial charge in [0.05, 0.1) is 4.90 Å². The van der Waals surface area contributed by atoms with E-state index < -0.39 is 10.0 Å². The standard InChI is InChI=1S/C16H20N2O2S.ClH/c17-12-13-8-10-18(11-9-13)21(19,20)16-7-3-5-14-4-1-2-6-15(14)16;/h1-7,13H,8-12,17H2;1H. The van der Waals surface area contributed by atoms with Crippen molar-refractivity contribution in [3.63, 3.8) is 0 Å². The number of sulfonamides is 1. The smallest absolute Gasteiger partial charge is 0.243 e. The second-order valence-corrected chi connectivity index (χ2v) is 7.47. The van der Waals surface area contributed by atoms with Gasteiger partial charge in [0.25, 0.3) is 0 Å². The molecule has 0 amide bonds. The maximum Gasteiger partial charge on any atom is 0.243 e. The van der Waals surface area contributed by atoms with Crippen molar-refractivity contribution >= 4 is 33.2 Å². The minimum absolute atomic E-state index is 0. The fourth-order valence-electron chi connectivity index (χ4n) is 2.95. The molecule has 0 bridgehead atoms. The molecule has 1 aliphatic rings. The lowest BCUT2D eigenvalue weighted by atomic mass is 9.99. The highest BCUT2D eigenvalue weighted by molar-refractivity contribution is 7.89. The van der Waals surface area contributed by atoms with Crippen LogP contribution in [-0.2, 0) is 10.0 Å². The molecule has 2 aromatic rings. The lowest BCUT2D eigenvalue weighted by Gasteiger charge is -2.30. The quantitative estimate of drug-likeness (QED) is 0.934. The summed E-state index contributed by atoms with van der Waals surface area (Å²) < 4.78 is 27.4. The first-order chi connectivity index (χ1) is 10.1. The van der Waals surface area contributed by atoms with E-state index in [0.29, 0.717) is 30.4 Å². The van der Waals surface area contributed by atoms with Crippen molar-refractivity contribution < 1.29 is 8.42 Å². The lowest BCUT2D eigenvalue weighted by Crippen LogP contribution is -2.40. The molecule has 1 heterocycles. The van der Waals surface area contributed by atoms with Gasteiger partial charge in [0, 0.05) is 18.5 Å². The zero-order valence-electron chi connectivity index (χ0n) is 12.3. The third-order valence-electron chi connectivity index (χ3n) is 4.27. The summed E-state index contributed by atoms with van der Waals surface area (Å²) >= 11 is 0. The van der Waals surface area contributed by atoms with Gasteiger partial charge in [-0.25, -0.2) is 8.42 Å². The van der Waals surface area contributed by atoms with Crippen molar-refractivity contribution in [3.05, 3.63) is 42.5 Å². The highest BCUT2D eigenvalue weighted by Crippen LogP contribution is 2.28. The van der Waals surface area contributed by atoms with Crippen LogP contribution in [0.3, 0.4) is 0 Å². The van der Waals surface area contributed by atoms with Gasteiger partial charge in [0.15, 0.2) is 0 Å². The summed E-state index contributed by atoms with van der Waals surface area (Å²) in [5.41, 5.74) is 5.68. The van der Waals surface area contributed by atoms with E-state index in [2.05, 4.69) is 0 Å². The molecule has 0 aromatic heterocycles. The molecule has 2 N–H and O–H groups in total. The fraction of sp³-hybridized carbons (Fsp3) is 0.375. The van der Waals surface area contributed by atoms with Gasteiger partial charge < -0.3 is 5.73 Å². The molecule has 0 unspecified atom stereocenters. The van der Waals surface area contributed by atoms with Crippen LogP contribution < -0.4 is 5.73 Å². The number of rotatable bonds is 3. The third-order valence-corrected chi connectivity index (χ3v) is 6.23. The Morgan fingerprint density at radius 2 is 1.68 bits per heavy atom. The molecule has 0 atom stereocenters. The number of hydrogen-bond acceptors (Lipinski definition) is 3. The van der Waals surface area contributed by atoms with E-state index in [1.165, 1.54) is 0 Å². The average molecular weight is 341 g/mol. The molecule has 6 heteroatoms. The summed E-state index contributed by atoms with van der Waals surface area (Å²) in [6, 6.07) is 13.1. The highest BCUT2D eigenvalue weighted by Gasteiger charge is 2.29. The fourth-order valence-corrected chi connectivity index (χ4v) is 4.63. The monoisotopic (exact) mass is 340 g/mol. The molecule has 0 aliphatic carbocycles. The summed E-state index contributed by atoms with van der Waals surface area (Å²) in [4.78, 5) is 0.409. The zero-order chi connectivity index (χ0) is 14.9. The van der Waals surface area contributed by atoms with E-state index in [1.807, 2.05) is 36.4 Å². The predicted molar refractivity (Wildman–Crippen MR) is 91.7 cm³/mol. The third kappa shape index (κ3) is 3.13. The number of benzene rings is 2. The largest absolute Gasteiger partial charge is 0.330 e. The molecular formula is C16H21ClN2O2S. The van der Waals surface area contributed by atoms with Gasteiger partial charge in [-0.1, -0.05) is 36.4 Å². The van der Waals surface area contributed by atoms with Crippen LogP contribution in [0.4, 0.5) is 0 Å². The molecule has 1 fully saturated rings. The summed E-state index contributed by atoms with van der Waals surface area (Å²) in [6.45, 7) is 1.77. The summed E-state index contributed by atoms with van der Waals surface area (Å²) in [5.74, 6) is 0.448. The van der Waals surface area contributed by atoms with E-state index in [0.717, 1.165) is 23.6 Å². The number of piperidine rings is 1. The molecule has 0 radical (unpaired) electrons. The Kier molecular flexibility index (Phi) is 5.45. The molecule has 1 saturated heterocycles. The van der Waals surface area contributed by atoms with Crippen molar-refractivity contribution in [1.82, 2.24) is 4.31 Å². The van der Waals surface area contributed by atoms with Gasteiger partial charge in [-0.05, 0) is 36.8 Å².